The number of hydrogen-bond donors (Lipinski definition) is 0. The number of hydrogen-bond acceptors (Lipinski definition) is 4. The summed E-state index contributed by atoms with van der Waals surface area (Å²) in [5, 5.41) is 0. The number of alkyl halides is 2. The number of rotatable bonds is 6. The Kier molecular flexibility index (Phi) is 4.22. The van der Waals surface area contributed by atoms with Gasteiger partial charge in [-0.15, -0.1) is 0 Å². The zero-order chi connectivity index (χ0) is 17.3. The Morgan fingerprint density at radius 1 is 1.25 bits per heavy atom. The van der Waals surface area contributed by atoms with Gasteiger partial charge in [-0.25, -0.2) is 13.8 Å². The summed E-state index contributed by atoms with van der Waals surface area (Å²) in [6, 6.07) is 6.76. The summed E-state index contributed by atoms with van der Waals surface area (Å²) in [5.41, 5.74) is 0.601. The minimum atomic E-state index is -2.52. The van der Waals surface area contributed by atoms with Gasteiger partial charge in [0.2, 0.25) is 12.3 Å². The maximum atomic E-state index is 13.6. The molecule has 0 aliphatic heterocycles. The molecule has 3 rings (SSSR count). The summed E-state index contributed by atoms with van der Waals surface area (Å²) in [7, 11) is 2.87. The average Bonchev–Trinajstić information content (AvgIpc) is 3.42. The number of benzene rings is 1. The fourth-order valence-corrected chi connectivity index (χ4v) is 3.00. The Bertz CT molecular complexity index is 773. The van der Waals surface area contributed by atoms with Gasteiger partial charge in [0.1, 0.15) is 5.75 Å². The molecule has 0 N–H and O–H groups in total. The maximum Gasteiger partial charge on any atom is 0.248 e. The van der Waals surface area contributed by atoms with Crippen LogP contribution in [-0.4, -0.2) is 31.9 Å². The van der Waals surface area contributed by atoms with Crippen LogP contribution in [0.3, 0.4) is 0 Å². The van der Waals surface area contributed by atoms with Crippen molar-refractivity contribution < 1.29 is 23.0 Å². The number of aldehydes is 1. The Labute approximate surface area is 138 Å². The molecular weight excluding hydrogens is 316 g/mol. The van der Waals surface area contributed by atoms with Crippen LogP contribution in [0, 0.1) is 0 Å². The van der Waals surface area contributed by atoms with E-state index in [9.17, 15) is 13.6 Å². The Hall–Kier alpha value is -2.50. The van der Waals surface area contributed by atoms with Gasteiger partial charge in [-0.3, -0.25) is 4.79 Å². The zero-order valence-corrected chi connectivity index (χ0v) is 13.4. The van der Waals surface area contributed by atoms with Crippen molar-refractivity contribution in [3.8, 4) is 22.8 Å². The summed E-state index contributed by atoms with van der Waals surface area (Å²) >= 11 is 0. The molecule has 1 aliphatic rings. The lowest BCUT2D eigenvalue weighted by Crippen LogP contribution is -2.19. The maximum absolute atomic E-state index is 13.6. The number of methoxy groups -OCH3 is 2. The number of pyridine rings is 1. The predicted octanol–water partition coefficient (Wildman–Crippen LogP) is 3.88. The largest absolute Gasteiger partial charge is 0.496 e. The second-order valence-corrected chi connectivity index (χ2v) is 5.78. The van der Waals surface area contributed by atoms with Crippen molar-refractivity contribution in [3.05, 3.63) is 41.6 Å². The second kappa shape index (κ2) is 6.19. The minimum Gasteiger partial charge on any atom is -0.496 e. The number of carbonyl (C=O) groups excluding carboxylic acids is 1. The van der Waals surface area contributed by atoms with E-state index in [1.807, 2.05) is 0 Å². The molecule has 24 heavy (non-hydrogen) atoms. The van der Waals surface area contributed by atoms with Gasteiger partial charge >= 0.3 is 0 Å². The highest BCUT2D eigenvalue weighted by Gasteiger charge is 2.54. The molecule has 2 aromatic rings. The summed E-state index contributed by atoms with van der Waals surface area (Å²) in [6.45, 7) is 0. The lowest BCUT2D eigenvalue weighted by Gasteiger charge is -2.21. The van der Waals surface area contributed by atoms with Crippen molar-refractivity contribution in [3.63, 3.8) is 0 Å². The quantitative estimate of drug-likeness (QED) is 0.753. The second-order valence-electron chi connectivity index (χ2n) is 5.78. The van der Waals surface area contributed by atoms with Gasteiger partial charge < -0.3 is 9.47 Å². The van der Waals surface area contributed by atoms with Crippen LogP contribution in [0.25, 0.3) is 11.1 Å². The van der Waals surface area contributed by atoms with Crippen molar-refractivity contribution in [2.45, 2.75) is 24.7 Å². The van der Waals surface area contributed by atoms with Crippen LogP contribution in [0.15, 0.2) is 30.5 Å². The third kappa shape index (κ3) is 2.52. The molecule has 0 radical (unpaired) electrons. The first kappa shape index (κ1) is 16.4. The molecule has 126 valence electrons. The van der Waals surface area contributed by atoms with E-state index < -0.39 is 11.8 Å². The Morgan fingerprint density at radius 3 is 2.54 bits per heavy atom. The molecule has 0 saturated heterocycles. The van der Waals surface area contributed by atoms with Crippen molar-refractivity contribution in [2.75, 3.05) is 14.2 Å². The van der Waals surface area contributed by atoms with Gasteiger partial charge in [0.25, 0.3) is 0 Å². The number of ether oxygens (including phenoxy) is 2. The highest BCUT2D eigenvalue weighted by atomic mass is 19.3. The van der Waals surface area contributed by atoms with Crippen LogP contribution in [0.5, 0.6) is 11.6 Å². The van der Waals surface area contributed by atoms with E-state index in [0.29, 0.717) is 41.7 Å². The monoisotopic (exact) mass is 333 g/mol. The average molecular weight is 333 g/mol. The van der Waals surface area contributed by atoms with Crippen LogP contribution in [0.2, 0.25) is 0 Å². The van der Waals surface area contributed by atoms with E-state index in [1.165, 1.54) is 14.2 Å². The summed E-state index contributed by atoms with van der Waals surface area (Å²) < 4.78 is 37.7. The highest BCUT2D eigenvalue weighted by molar-refractivity contribution is 5.85. The van der Waals surface area contributed by atoms with E-state index in [0.717, 1.165) is 0 Å². The lowest BCUT2D eigenvalue weighted by molar-refractivity contribution is 0.0999. The smallest absolute Gasteiger partial charge is 0.248 e. The third-order valence-electron chi connectivity index (χ3n) is 4.47. The standard InChI is InChI=1S/C18H17F2NO3/c1-23-15-12(10-22)8-11(13-4-3-7-21-16(13)24-2)9-14(15)18(5-6-18)17(19)20/h3-4,7-10,17H,5-6H2,1-2H3. The van der Waals surface area contributed by atoms with Gasteiger partial charge in [-0.1, -0.05) is 0 Å². The first-order valence-electron chi connectivity index (χ1n) is 7.52. The van der Waals surface area contributed by atoms with Gasteiger partial charge in [0.05, 0.1) is 25.2 Å². The molecule has 1 saturated carbocycles. The van der Waals surface area contributed by atoms with Crippen LogP contribution in [0.1, 0.15) is 28.8 Å². The number of halogens is 2. The Morgan fingerprint density at radius 2 is 2.00 bits per heavy atom. The van der Waals surface area contributed by atoms with Crippen molar-refractivity contribution >= 4 is 6.29 Å². The van der Waals surface area contributed by atoms with E-state index in [1.54, 1.807) is 30.5 Å². The van der Waals surface area contributed by atoms with Crippen molar-refractivity contribution in [2.24, 2.45) is 0 Å². The highest BCUT2D eigenvalue weighted by Crippen LogP contribution is 2.56. The summed E-state index contributed by atoms with van der Waals surface area (Å²) in [5.74, 6) is 0.585. The fourth-order valence-electron chi connectivity index (χ4n) is 3.00. The van der Waals surface area contributed by atoms with E-state index >= 15 is 0 Å². The topological polar surface area (TPSA) is 48.4 Å². The molecule has 1 heterocycles. The summed E-state index contributed by atoms with van der Waals surface area (Å²) in [6.07, 6.45) is 0.419. The number of carbonyl (C=O) groups is 1. The molecule has 1 aromatic carbocycles. The SMILES string of the molecule is COc1ncccc1-c1cc(C=O)c(OC)c(C2(C(F)F)CC2)c1. The van der Waals surface area contributed by atoms with Gasteiger partial charge in [0.15, 0.2) is 6.29 Å². The number of nitrogens with zero attached hydrogens (tertiary/aromatic N) is 1. The molecule has 0 unspecified atom stereocenters. The van der Waals surface area contributed by atoms with Crippen molar-refractivity contribution in [1.82, 2.24) is 4.98 Å². The van der Waals surface area contributed by atoms with E-state index in [-0.39, 0.29) is 11.3 Å². The molecule has 6 heteroatoms. The molecule has 0 amide bonds. The number of aromatic nitrogens is 1. The molecule has 1 aliphatic carbocycles. The van der Waals surface area contributed by atoms with Gasteiger partial charge in [-0.2, -0.15) is 0 Å². The molecule has 0 spiro atoms. The predicted molar refractivity (Wildman–Crippen MR) is 85.1 cm³/mol. The fraction of sp³-hybridized carbons (Fsp3) is 0.333. The molecule has 1 fully saturated rings. The first-order valence-corrected chi connectivity index (χ1v) is 7.52. The van der Waals surface area contributed by atoms with Crippen molar-refractivity contribution in [1.29, 1.82) is 0 Å². The zero-order valence-electron chi connectivity index (χ0n) is 13.4. The van der Waals surface area contributed by atoms with Crippen LogP contribution < -0.4 is 9.47 Å². The van der Waals surface area contributed by atoms with E-state index in [4.69, 9.17) is 9.47 Å². The van der Waals surface area contributed by atoms with Crippen LogP contribution in [-0.2, 0) is 5.41 Å². The lowest BCUT2D eigenvalue weighted by atomic mass is 9.89. The minimum absolute atomic E-state index is 0.217. The Balaban J connectivity index is 2.24. The third-order valence-corrected chi connectivity index (χ3v) is 4.47. The molecule has 0 atom stereocenters. The molecule has 1 aromatic heterocycles. The van der Waals surface area contributed by atoms with Crippen LogP contribution >= 0.6 is 0 Å². The van der Waals surface area contributed by atoms with Gasteiger partial charge in [0, 0.05) is 17.3 Å². The first-order chi connectivity index (χ1) is 11.6. The molecular formula is C18H17F2NO3. The summed E-state index contributed by atoms with van der Waals surface area (Å²) in [4.78, 5) is 15.6. The van der Waals surface area contributed by atoms with Crippen LogP contribution in [0.4, 0.5) is 8.78 Å². The molecule has 0 bridgehead atoms. The van der Waals surface area contributed by atoms with Gasteiger partial charge in [-0.05, 0) is 42.7 Å². The van der Waals surface area contributed by atoms with E-state index in [2.05, 4.69) is 4.98 Å². The molecule has 4 nitrogen and oxygen atoms in total. The normalized spacial score (nSPS) is 15.2.